The lowest BCUT2D eigenvalue weighted by atomic mass is 9.78. The lowest BCUT2D eigenvalue weighted by molar-refractivity contribution is -0.112. The van der Waals surface area contributed by atoms with Gasteiger partial charge in [0, 0.05) is 86.4 Å². The molecular weight excluding hydrogens is 773 g/mol. The van der Waals surface area contributed by atoms with Crippen LogP contribution in [0.1, 0.15) is 88.7 Å². The fourth-order valence-electron chi connectivity index (χ4n) is 9.08. The number of nitrogens with zero attached hydrogens (tertiary/aromatic N) is 3. The molecule has 2 aromatic carbocycles. The molecule has 2 fully saturated rings. The number of ether oxygens (including phenoxy) is 3. The van der Waals surface area contributed by atoms with E-state index in [1.165, 1.54) is 71.3 Å². The number of hydrogen-bond donors (Lipinski definition) is 7. The third-order valence-corrected chi connectivity index (χ3v) is 13.3. The maximum absolute atomic E-state index is 14.4. The zero-order chi connectivity index (χ0) is 43.8. The number of aromatic hydroxyl groups is 3. The van der Waals surface area contributed by atoms with Gasteiger partial charge >= 0.3 is 5.79 Å². The highest BCUT2D eigenvalue weighted by Gasteiger charge is 2.50. The summed E-state index contributed by atoms with van der Waals surface area (Å²) in [6.07, 6.45) is 9.71. The topological polar surface area (TPSA) is 214 Å². The van der Waals surface area contributed by atoms with Crippen LogP contribution in [-0.4, -0.2) is 128 Å². The Labute approximate surface area is 351 Å². The molecule has 1 amide bonds. The molecule has 0 radical (unpaired) electrons. The summed E-state index contributed by atoms with van der Waals surface area (Å²) in [5.41, 5.74) is -0.233. The number of carbonyl (C=O) groups excluding carboxylic acids is 2. The van der Waals surface area contributed by atoms with E-state index in [1.54, 1.807) is 46.8 Å². The number of carbonyl (C=O) groups is 2. The number of Topliss-reactive ketones (excluding diaryl/α,β-unsaturated/α-hetero) is 1. The van der Waals surface area contributed by atoms with Crippen molar-refractivity contribution in [1.29, 1.82) is 0 Å². The number of aliphatic hydroxyl groups is 3. The van der Waals surface area contributed by atoms with E-state index in [1.807, 2.05) is 5.01 Å². The number of piperazine rings is 1. The van der Waals surface area contributed by atoms with Gasteiger partial charge in [0.15, 0.2) is 5.75 Å². The highest BCUT2D eigenvalue weighted by atomic mass is 16.7. The molecule has 1 saturated carbocycles. The number of amides is 1. The van der Waals surface area contributed by atoms with Gasteiger partial charge < -0.3 is 50.2 Å². The number of nitrogens with one attached hydrogen (secondary N) is 1. The number of hydrazone groups is 1. The van der Waals surface area contributed by atoms with Crippen molar-refractivity contribution in [2.45, 2.75) is 110 Å². The van der Waals surface area contributed by atoms with Crippen LogP contribution >= 0.6 is 0 Å². The number of allylic oxidation sites excluding steroid dienone is 2. The Morgan fingerprint density at radius 3 is 2.15 bits per heavy atom. The van der Waals surface area contributed by atoms with Gasteiger partial charge in [0.05, 0.1) is 59.1 Å². The van der Waals surface area contributed by atoms with Crippen molar-refractivity contribution < 1.29 is 54.4 Å². The van der Waals surface area contributed by atoms with Crippen LogP contribution < -0.4 is 10.1 Å². The first-order valence-corrected chi connectivity index (χ1v) is 21.0. The number of aliphatic hydroxyl groups excluding tert-OH is 3. The Balaban J connectivity index is 1.46. The average molecular weight is 835 g/mol. The highest BCUT2D eigenvalue weighted by molar-refractivity contribution is 6.23. The molecule has 4 heterocycles. The fraction of sp³-hybridized carbons (Fsp3) is 0.578. The molecular formula is C45H62N4O11. The van der Waals surface area contributed by atoms with Crippen LogP contribution in [0.5, 0.6) is 23.0 Å². The SMILES string of the molecule is CO[C@H]1C=COC2(C)Oc3c(C)c(O)c4c(O)c(c(/C=N/N5CCN(C6CCCC6)CC5)c(O)c4c3C2=O)NC(=O)/C(C)=C\C=C/[C@H](C)[C@H](O)[C@@H](C)[C@@H](O)[C@@H](C)[C@H](O)[C@@H]1C. The molecule has 60 heavy (non-hydrogen) atoms. The van der Waals surface area contributed by atoms with Crippen LogP contribution in [0.25, 0.3) is 10.8 Å². The van der Waals surface area contributed by atoms with E-state index < -0.39 is 82.8 Å². The minimum absolute atomic E-state index is 0.0742. The maximum atomic E-state index is 14.4. The maximum Gasteiger partial charge on any atom is 0.312 e. The second-order valence-corrected chi connectivity index (χ2v) is 17.2. The Morgan fingerprint density at radius 1 is 0.867 bits per heavy atom. The summed E-state index contributed by atoms with van der Waals surface area (Å²) in [4.78, 5) is 30.7. The molecule has 5 aliphatic rings. The summed E-state index contributed by atoms with van der Waals surface area (Å²) < 4.78 is 17.8. The summed E-state index contributed by atoms with van der Waals surface area (Å²) in [6.45, 7) is 14.1. The van der Waals surface area contributed by atoms with Crippen molar-refractivity contribution in [3.63, 3.8) is 0 Å². The predicted molar refractivity (Wildman–Crippen MR) is 227 cm³/mol. The summed E-state index contributed by atoms with van der Waals surface area (Å²) >= 11 is 0. The molecule has 0 spiro atoms. The molecule has 0 aromatic heterocycles. The van der Waals surface area contributed by atoms with Crippen molar-refractivity contribution in [2.24, 2.45) is 28.8 Å². The smallest absolute Gasteiger partial charge is 0.312 e. The van der Waals surface area contributed by atoms with Crippen molar-refractivity contribution in [3.05, 3.63) is 52.8 Å². The van der Waals surface area contributed by atoms with E-state index in [-0.39, 0.29) is 44.5 Å². The average Bonchev–Trinajstić information content (AvgIpc) is 3.87. The Morgan fingerprint density at radius 2 is 1.50 bits per heavy atom. The number of fused-ring (bicyclic) bond motifs is 14. The zero-order valence-electron chi connectivity index (χ0n) is 35.9. The van der Waals surface area contributed by atoms with Gasteiger partial charge in [-0.05, 0) is 32.8 Å². The van der Waals surface area contributed by atoms with Crippen LogP contribution in [0.2, 0.25) is 0 Å². The number of ketones is 1. The Kier molecular flexibility index (Phi) is 13.6. The summed E-state index contributed by atoms with van der Waals surface area (Å²) in [5, 5.41) is 78.4. The van der Waals surface area contributed by atoms with Crippen molar-refractivity contribution >= 4 is 34.4 Å². The fourth-order valence-corrected chi connectivity index (χ4v) is 9.08. The van der Waals surface area contributed by atoms with Crippen LogP contribution in [0.15, 0.2) is 41.2 Å². The van der Waals surface area contributed by atoms with Gasteiger partial charge in [-0.15, -0.1) is 0 Å². The third kappa shape index (κ3) is 8.47. The van der Waals surface area contributed by atoms with Crippen LogP contribution in [-0.2, 0) is 14.3 Å². The van der Waals surface area contributed by atoms with Crippen LogP contribution in [0, 0.1) is 30.6 Å². The van der Waals surface area contributed by atoms with Gasteiger partial charge in [0.25, 0.3) is 11.7 Å². The van der Waals surface area contributed by atoms with Gasteiger partial charge in [-0.2, -0.15) is 5.10 Å². The molecule has 1 saturated heterocycles. The number of rotatable bonds is 4. The first-order valence-electron chi connectivity index (χ1n) is 21.0. The standard InChI is InChI=1S/C45H62N4O11/c1-23-12-11-13-24(2)44(57)47-35-30(22-46-49-19-17-48(18-20-49)29-14-9-10-15-29)40(54)32-33(41(35)55)39(53)28(6)42-34(32)43(56)45(7,60-42)59-21-16-31(58-8)25(3)37(51)27(5)38(52)26(4)36(23)50/h11-13,16,21-23,25-27,29,31,36-38,50-55H,9-10,14-15,17-20H2,1-8H3,(H,47,57)/b12-11-,21-16?,24-13-,46-22+/t23-,25+,26+,27-,31-,36-,37+,38+,45?/m0/s1. The first kappa shape index (κ1) is 44.9. The minimum Gasteiger partial charge on any atom is -0.507 e. The minimum atomic E-state index is -2.01. The summed E-state index contributed by atoms with van der Waals surface area (Å²) in [7, 11) is 1.45. The lowest BCUT2D eigenvalue weighted by Crippen LogP contribution is -2.47. The van der Waals surface area contributed by atoms with E-state index in [9.17, 15) is 40.2 Å². The third-order valence-electron chi connectivity index (χ3n) is 13.3. The molecule has 1 unspecified atom stereocenters. The highest BCUT2D eigenvalue weighted by Crippen LogP contribution is 2.55. The van der Waals surface area contributed by atoms with Crippen molar-refractivity contribution in [3.8, 4) is 23.0 Å². The largest absolute Gasteiger partial charge is 0.507 e. The zero-order valence-corrected chi connectivity index (χ0v) is 35.9. The monoisotopic (exact) mass is 834 g/mol. The van der Waals surface area contributed by atoms with Crippen LogP contribution in [0.3, 0.4) is 0 Å². The molecule has 2 aromatic rings. The Hall–Kier alpha value is -4.67. The second-order valence-electron chi connectivity index (χ2n) is 17.2. The number of hydrogen-bond acceptors (Lipinski definition) is 14. The van der Waals surface area contributed by atoms with E-state index in [2.05, 4.69) is 15.3 Å². The molecule has 1 aliphatic carbocycles. The van der Waals surface area contributed by atoms with Gasteiger partial charge in [-0.3, -0.25) is 19.5 Å². The lowest BCUT2D eigenvalue weighted by Gasteiger charge is -2.36. The van der Waals surface area contributed by atoms with Crippen molar-refractivity contribution in [2.75, 3.05) is 38.6 Å². The van der Waals surface area contributed by atoms with Gasteiger partial charge in [-0.25, -0.2) is 0 Å². The van der Waals surface area contributed by atoms with Gasteiger partial charge in [-0.1, -0.05) is 58.8 Å². The molecule has 4 aliphatic heterocycles. The number of phenolic OH excluding ortho intramolecular Hbond substituents is 3. The number of benzene rings is 2. The normalized spacial score (nSPS) is 33.0. The van der Waals surface area contributed by atoms with Gasteiger partial charge in [0.2, 0.25) is 0 Å². The molecule has 9 atom stereocenters. The number of methoxy groups -OCH3 is 1. The molecule has 7 N–H and O–H groups in total. The van der Waals surface area contributed by atoms with Crippen LogP contribution in [0.4, 0.5) is 5.69 Å². The van der Waals surface area contributed by atoms with Gasteiger partial charge in [0.1, 0.15) is 17.2 Å². The number of phenols is 3. The van der Waals surface area contributed by atoms with Crippen molar-refractivity contribution in [1.82, 2.24) is 9.91 Å². The van der Waals surface area contributed by atoms with E-state index in [0.717, 1.165) is 13.1 Å². The number of anilines is 1. The van der Waals surface area contributed by atoms with E-state index in [4.69, 9.17) is 14.2 Å². The molecule has 7 rings (SSSR count). The Bertz CT molecular complexity index is 2070. The summed E-state index contributed by atoms with van der Waals surface area (Å²) in [5.74, 6) is -7.52. The molecule has 328 valence electrons. The molecule has 15 nitrogen and oxygen atoms in total. The quantitative estimate of drug-likeness (QED) is 0.122. The first-order chi connectivity index (χ1) is 28.4. The summed E-state index contributed by atoms with van der Waals surface area (Å²) in [6, 6.07) is 0.561. The van der Waals surface area contributed by atoms with E-state index >= 15 is 0 Å². The van der Waals surface area contributed by atoms with E-state index in [0.29, 0.717) is 19.1 Å². The predicted octanol–water partition coefficient (Wildman–Crippen LogP) is 5.08. The molecule has 5 bridgehead atoms. The molecule has 15 heteroatoms. The second kappa shape index (κ2) is 18.1.